The van der Waals surface area contributed by atoms with Gasteiger partial charge < -0.3 is 10.1 Å². The summed E-state index contributed by atoms with van der Waals surface area (Å²) in [6.45, 7) is 6.32. The van der Waals surface area contributed by atoms with E-state index in [1.807, 2.05) is 20.8 Å². The Kier molecular flexibility index (Phi) is 4.43. The van der Waals surface area contributed by atoms with Crippen LogP contribution in [-0.2, 0) is 11.2 Å². The number of rotatable bonds is 4. The molecule has 1 fully saturated rings. The molecule has 1 aliphatic carbocycles. The Morgan fingerprint density at radius 3 is 2.40 bits per heavy atom. The molecule has 0 radical (unpaired) electrons. The molecular weight excluding hydrogens is 318 g/mol. The SMILES string of the molecule is CC(C)(C)OC(=O)NCC1(Cc2ccc(Br)cc2)CC1. The van der Waals surface area contributed by atoms with Crippen molar-refractivity contribution < 1.29 is 9.53 Å². The summed E-state index contributed by atoms with van der Waals surface area (Å²) in [5.74, 6) is 0. The van der Waals surface area contributed by atoms with Gasteiger partial charge in [0.1, 0.15) is 5.60 Å². The van der Waals surface area contributed by atoms with Crippen LogP contribution in [0.4, 0.5) is 4.79 Å². The molecule has 1 N–H and O–H groups in total. The number of benzene rings is 1. The molecule has 0 aliphatic heterocycles. The average molecular weight is 340 g/mol. The zero-order valence-corrected chi connectivity index (χ0v) is 13.9. The lowest BCUT2D eigenvalue weighted by molar-refractivity contribution is 0.0516. The molecule has 0 unspecified atom stereocenters. The zero-order valence-electron chi connectivity index (χ0n) is 12.3. The fourth-order valence-corrected chi connectivity index (χ4v) is 2.47. The van der Waals surface area contributed by atoms with Crippen molar-refractivity contribution >= 4 is 22.0 Å². The highest BCUT2D eigenvalue weighted by Crippen LogP contribution is 2.47. The van der Waals surface area contributed by atoms with Crippen LogP contribution in [0, 0.1) is 5.41 Å². The van der Waals surface area contributed by atoms with Crippen LogP contribution >= 0.6 is 15.9 Å². The van der Waals surface area contributed by atoms with Crippen molar-refractivity contribution in [3.63, 3.8) is 0 Å². The number of ether oxygens (including phenoxy) is 1. The standard InChI is InChI=1S/C16H22BrNO2/c1-15(2,3)20-14(19)18-11-16(8-9-16)10-12-4-6-13(17)7-5-12/h4-7H,8-11H2,1-3H3,(H,18,19). The molecular formula is C16H22BrNO2. The van der Waals surface area contributed by atoms with Crippen molar-refractivity contribution in [1.82, 2.24) is 5.32 Å². The average Bonchev–Trinajstić information content (AvgIpc) is 3.08. The lowest BCUT2D eigenvalue weighted by Crippen LogP contribution is -2.36. The van der Waals surface area contributed by atoms with E-state index in [9.17, 15) is 4.79 Å². The normalized spacial score (nSPS) is 16.6. The smallest absolute Gasteiger partial charge is 0.407 e. The van der Waals surface area contributed by atoms with Crippen LogP contribution in [0.5, 0.6) is 0 Å². The number of nitrogens with one attached hydrogen (secondary N) is 1. The molecule has 20 heavy (non-hydrogen) atoms. The second-order valence-corrected chi connectivity index (χ2v) is 7.57. The maximum absolute atomic E-state index is 11.7. The van der Waals surface area contributed by atoms with E-state index in [2.05, 4.69) is 45.5 Å². The third-order valence-corrected chi connectivity index (χ3v) is 3.98. The summed E-state index contributed by atoms with van der Waals surface area (Å²) >= 11 is 3.44. The highest BCUT2D eigenvalue weighted by atomic mass is 79.9. The molecule has 0 aromatic heterocycles. The van der Waals surface area contributed by atoms with Crippen molar-refractivity contribution in [2.24, 2.45) is 5.41 Å². The van der Waals surface area contributed by atoms with Gasteiger partial charge in [-0.2, -0.15) is 0 Å². The first-order valence-corrected chi connectivity index (χ1v) is 7.79. The van der Waals surface area contributed by atoms with Crippen molar-refractivity contribution in [1.29, 1.82) is 0 Å². The lowest BCUT2D eigenvalue weighted by Gasteiger charge is -2.22. The Morgan fingerprint density at radius 2 is 1.90 bits per heavy atom. The Labute approximate surface area is 129 Å². The Morgan fingerprint density at radius 1 is 1.30 bits per heavy atom. The number of carbonyl (C=O) groups excluding carboxylic acids is 1. The van der Waals surface area contributed by atoms with E-state index < -0.39 is 5.60 Å². The molecule has 1 aromatic rings. The van der Waals surface area contributed by atoms with Crippen molar-refractivity contribution in [2.75, 3.05) is 6.54 Å². The van der Waals surface area contributed by atoms with E-state index in [1.165, 1.54) is 18.4 Å². The van der Waals surface area contributed by atoms with Gasteiger partial charge in [-0.05, 0) is 63.1 Å². The summed E-state index contributed by atoms with van der Waals surface area (Å²) in [6, 6.07) is 8.40. The number of carbonyl (C=O) groups is 1. The van der Waals surface area contributed by atoms with Crippen molar-refractivity contribution in [2.45, 2.75) is 45.6 Å². The summed E-state index contributed by atoms with van der Waals surface area (Å²) < 4.78 is 6.37. The number of halogens is 1. The van der Waals surface area contributed by atoms with Crippen LogP contribution in [0.1, 0.15) is 39.2 Å². The lowest BCUT2D eigenvalue weighted by atomic mass is 9.96. The maximum Gasteiger partial charge on any atom is 0.407 e. The fourth-order valence-electron chi connectivity index (χ4n) is 2.20. The second kappa shape index (κ2) is 5.76. The van der Waals surface area contributed by atoms with E-state index >= 15 is 0 Å². The molecule has 0 heterocycles. The fraction of sp³-hybridized carbons (Fsp3) is 0.562. The summed E-state index contributed by atoms with van der Waals surface area (Å²) in [5.41, 5.74) is 1.11. The van der Waals surface area contributed by atoms with Gasteiger partial charge in [-0.15, -0.1) is 0 Å². The van der Waals surface area contributed by atoms with E-state index in [0.29, 0.717) is 6.54 Å². The summed E-state index contributed by atoms with van der Waals surface area (Å²) in [6.07, 6.45) is 3.02. The minimum absolute atomic E-state index is 0.227. The van der Waals surface area contributed by atoms with Gasteiger partial charge in [-0.25, -0.2) is 4.79 Å². The van der Waals surface area contributed by atoms with Gasteiger partial charge >= 0.3 is 6.09 Å². The van der Waals surface area contributed by atoms with Crippen LogP contribution < -0.4 is 5.32 Å². The van der Waals surface area contributed by atoms with Gasteiger partial charge in [0.15, 0.2) is 0 Å². The van der Waals surface area contributed by atoms with Gasteiger partial charge in [-0.1, -0.05) is 28.1 Å². The third-order valence-electron chi connectivity index (χ3n) is 3.46. The van der Waals surface area contributed by atoms with Crippen molar-refractivity contribution in [3.8, 4) is 0 Å². The molecule has 1 saturated carbocycles. The van der Waals surface area contributed by atoms with Gasteiger partial charge in [0, 0.05) is 11.0 Å². The molecule has 1 aliphatic rings. The maximum atomic E-state index is 11.7. The van der Waals surface area contributed by atoms with Gasteiger partial charge in [-0.3, -0.25) is 0 Å². The van der Waals surface area contributed by atoms with E-state index in [4.69, 9.17) is 4.74 Å². The molecule has 0 saturated heterocycles. The predicted octanol–water partition coefficient (Wildman–Crippen LogP) is 4.30. The number of alkyl carbamates (subject to hydrolysis) is 1. The first-order valence-electron chi connectivity index (χ1n) is 6.99. The van der Waals surface area contributed by atoms with Crippen molar-refractivity contribution in [3.05, 3.63) is 34.3 Å². The molecule has 2 rings (SSSR count). The molecule has 0 atom stereocenters. The topological polar surface area (TPSA) is 38.3 Å². The monoisotopic (exact) mass is 339 g/mol. The van der Waals surface area contributed by atoms with E-state index in [1.54, 1.807) is 0 Å². The second-order valence-electron chi connectivity index (χ2n) is 6.66. The minimum Gasteiger partial charge on any atom is -0.444 e. The van der Waals surface area contributed by atoms with Gasteiger partial charge in [0.2, 0.25) is 0 Å². The molecule has 0 spiro atoms. The summed E-state index contributed by atoms with van der Waals surface area (Å²) in [5, 5.41) is 2.90. The van der Waals surface area contributed by atoms with Gasteiger partial charge in [0.05, 0.1) is 0 Å². The molecule has 4 heteroatoms. The predicted molar refractivity (Wildman–Crippen MR) is 83.7 cm³/mol. The number of hydrogen-bond donors (Lipinski definition) is 1. The van der Waals surface area contributed by atoms with Gasteiger partial charge in [0.25, 0.3) is 0 Å². The highest BCUT2D eigenvalue weighted by Gasteiger charge is 2.42. The Bertz CT molecular complexity index is 472. The zero-order chi connectivity index (χ0) is 14.8. The molecule has 0 bridgehead atoms. The number of hydrogen-bond acceptors (Lipinski definition) is 2. The molecule has 1 aromatic carbocycles. The Hall–Kier alpha value is -1.03. The van der Waals surface area contributed by atoms with Crippen LogP contribution in [0.2, 0.25) is 0 Å². The van der Waals surface area contributed by atoms with Crippen LogP contribution in [0.15, 0.2) is 28.7 Å². The van der Waals surface area contributed by atoms with Crippen LogP contribution in [0.3, 0.4) is 0 Å². The van der Waals surface area contributed by atoms with E-state index in [0.717, 1.165) is 10.9 Å². The largest absolute Gasteiger partial charge is 0.444 e. The minimum atomic E-state index is -0.438. The summed E-state index contributed by atoms with van der Waals surface area (Å²) in [4.78, 5) is 11.7. The molecule has 110 valence electrons. The van der Waals surface area contributed by atoms with E-state index in [-0.39, 0.29) is 11.5 Å². The van der Waals surface area contributed by atoms with Crippen LogP contribution in [-0.4, -0.2) is 18.2 Å². The highest BCUT2D eigenvalue weighted by molar-refractivity contribution is 9.10. The van der Waals surface area contributed by atoms with Crippen LogP contribution in [0.25, 0.3) is 0 Å². The Balaban J connectivity index is 1.83. The number of amides is 1. The molecule has 3 nitrogen and oxygen atoms in total. The quantitative estimate of drug-likeness (QED) is 0.888. The first-order chi connectivity index (χ1) is 9.28. The summed E-state index contributed by atoms with van der Waals surface area (Å²) in [7, 11) is 0. The third kappa shape index (κ3) is 4.82. The first kappa shape index (κ1) is 15.4. The molecule has 1 amide bonds.